The Labute approximate surface area is 183 Å². The first kappa shape index (κ1) is 26.8. The Morgan fingerprint density at radius 3 is 2.17 bits per heavy atom. The van der Waals surface area contributed by atoms with E-state index in [0.717, 1.165) is 5.56 Å². The first-order valence-corrected chi connectivity index (χ1v) is 14.0. The van der Waals surface area contributed by atoms with Crippen LogP contribution in [0.4, 0.5) is 18.9 Å². The Bertz CT molecular complexity index is 754. The largest absolute Gasteiger partial charge is 0.591 e. The monoisotopic (exact) mass is 464 g/mol. The van der Waals surface area contributed by atoms with Crippen molar-refractivity contribution in [2.75, 3.05) is 5.32 Å². The van der Waals surface area contributed by atoms with Gasteiger partial charge in [0.1, 0.15) is 21.9 Å². The summed E-state index contributed by atoms with van der Waals surface area (Å²) >= 11 is -1.36. The van der Waals surface area contributed by atoms with Crippen LogP contribution in [0.15, 0.2) is 22.6 Å². The van der Waals surface area contributed by atoms with E-state index in [2.05, 4.69) is 4.40 Å². The van der Waals surface area contributed by atoms with Crippen molar-refractivity contribution in [3.8, 4) is 5.75 Å². The predicted octanol–water partition coefficient (Wildman–Crippen LogP) is 6.86. The molecular formula is C21H35F3N2O2SSi. The van der Waals surface area contributed by atoms with Gasteiger partial charge in [-0.15, -0.1) is 0 Å². The van der Waals surface area contributed by atoms with Crippen molar-refractivity contribution in [1.29, 1.82) is 0 Å². The van der Waals surface area contributed by atoms with E-state index in [4.69, 9.17) is 4.43 Å². The molecule has 0 aliphatic heterocycles. The van der Waals surface area contributed by atoms with Crippen molar-refractivity contribution in [2.24, 2.45) is 4.40 Å². The van der Waals surface area contributed by atoms with E-state index in [-0.39, 0.29) is 16.5 Å². The molecule has 0 aliphatic rings. The molecule has 1 aromatic carbocycles. The van der Waals surface area contributed by atoms with Crippen LogP contribution in [0.25, 0.3) is 0 Å². The van der Waals surface area contributed by atoms with Gasteiger partial charge in [0, 0.05) is 0 Å². The van der Waals surface area contributed by atoms with Crippen LogP contribution in [0.2, 0.25) is 18.1 Å². The molecule has 4 nitrogen and oxygen atoms in total. The summed E-state index contributed by atoms with van der Waals surface area (Å²) in [5.74, 6) is 0.210. The number of hydrogen-bond donors (Lipinski definition) is 1. The molecule has 9 heteroatoms. The Morgan fingerprint density at radius 2 is 1.70 bits per heavy atom. The molecule has 0 aliphatic carbocycles. The lowest BCUT2D eigenvalue weighted by molar-refractivity contribution is -0.100. The molecule has 0 saturated carbocycles. The van der Waals surface area contributed by atoms with Gasteiger partial charge in [0.25, 0.3) is 8.32 Å². The molecular weight excluding hydrogens is 429 g/mol. The number of nitrogens with one attached hydrogen (secondary N) is 1. The van der Waals surface area contributed by atoms with Gasteiger partial charge in [-0.1, -0.05) is 31.2 Å². The second-order valence-electron chi connectivity index (χ2n) is 10.0. The third kappa shape index (κ3) is 8.51. The predicted molar refractivity (Wildman–Crippen MR) is 123 cm³/mol. The van der Waals surface area contributed by atoms with Crippen LogP contribution in [0, 0.1) is 0 Å². The van der Waals surface area contributed by atoms with Crippen LogP contribution in [0.3, 0.4) is 0 Å². The maximum absolute atomic E-state index is 13.1. The van der Waals surface area contributed by atoms with Gasteiger partial charge in [-0.05, 0) is 76.4 Å². The molecule has 0 bridgehead atoms. The number of benzene rings is 1. The molecule has 0 radical (unpaired) electrons. The molecule has 1 atom stereocenters. The fourth-order valence-corrected chi connectivity index (χ4v) is 3.83. The van der Waals surface area contributed by atoms with Crippen molar-refractivity contribution in [2.45, 2.75) is 90.5 Å². The van der Waals surface area contributed by atoms with E-state index in [1.54, 1.807) is 24.4 Å². The van der Waals surface area contributed by atoms with Gasteiger partial charge < -0.3 is 8.98 Å². The van der Waals surface area contributed by atoms with Crippen molar-refractivity contribution in [1.82, 2.24) is 0 Å². The molecule has 1 N–H and O–H groups in total. The van der Waals surface area contributed by atoms with Crippen molar-refractivity contribution < 1.29 is 22.2 Å². The first-order valence-electron chi connectivity index (χ1n) is 9.95. The maximum atomic E-state index is 13.1. The standard InChI is InChI=1S/C21H35F3N2O2SSi/c1-15(26-29(27)19(2,3)4)10-11-16-12-13-18(17(14-16)25-21(22,23)24)28-30(8,9)20(5,6)7/h12-14,25H,10-11H2,1-9H3. The Kier molecular flexibility index (Phi) is 8.52. The fourth-order valence-electron chi connectivity index (χ4n) is 2.15. The number of aryl methyl sites for hydroxylation is 1. The third-order valence-electron chi connectivity index (χ3n) is 5.03. The molecule has 1 rings (SSSR count). The van der Waals surface area contributed by atoms with E-state index in [0.29, 0.717) is 18.6 Å². The minimum atomic E-state index is -4.56. The fraction of sp³-hybridized carbons (Fsp3) is 0.667. The van der Waals surface area contributed by atoms with Gasteiger partial charge in [-0.2, -0.15) is 13.2 Å². The van der Waals surface area contributed by atoms with Crippen LogP contribution in [-0.4, -0.2) is 29.6 Å². The van der Waals surface area contributed by atoms with Gasteiger partial charge >= 0.3 is 6.30 Å². The van der Waals surface area contributed by atoms with Crippen LogP contribution in [-0.2, 0) is 17.8 Å². The summed E-state index contributed by atoms with van der Waals surface area (Å²) in [5, 5.41) is 1.48. The molecule has 1 unspecified atom stereocenters. The third-order valence-corrected chi connectivity index (χ3v) is 10.9. The minimum absolute atomic E-state index is 0.0855. The van der Waals surface area contributed by atoms with Gasteiger partial charge in [0.15, 0.2) is 0 Å². The Morgan fingerprint density at radius 1 is 1.13 bits per heavy atom. The Balaban J connectivity index is 3.09. The highest BCUT2D eigenvalue weighted by Crippen LogP contribution is 2.40. The summed E-state index contributed by atoms with van der Waals surface area (Å²) in [6, 6.07) is 4.85. The number of alkyl halides is 3. The van der Waals surface area contributed by atoms with Crippen molar-refractivity contribution >= 4 is 31.1 Å². The highest BCUT2D eigenvalue weighted by atomic mass is 32.2. The molecule has 0 fully saturated rings. The number of halogens is 3. The summed E-state index contributed by atoms with van der Waals surface area (Å²) in [7, 11) is -2.30. The number of hydrogen-bond acceptors (Lipinski definition) is 4. The van der Waals surface area contributed by atoms with E-state index < -0.39 is 30.7 Å². The summed E-state index contributed by atoms with van der Waals surface area (Å²) < 4.78 is 61.3. The molecule has 0 amide bonds. The highest BCUT2D eigenvalue weighted by molar-refractivity contribution is 7.91. The summed E-state index contributed by atoms with van der Waals surface area (Å²) in [6.07, 6.45) is -3.57. The minimum Gasteiger partial charge on any atom is -0.591 e. The summed E-state index contributed by atoms with van der Waals surface area (Å²) in [6.45, 7) is 17.4. The quantitative estimate of drug-likeness (QED) is 0.208. The van der Waals surface area contributed by atoms with E-state index in [9.17, 15) is 17.7 Å². The van der Waals surface area contributed by atoms with Crippen LogP contribution in [0.1, 0.15) is 60.5 Å². The van der Waals surface area contributed by atoms with Gasteiger partial charge in [0.05, 0.1) is 11.4 Å². The zero-order valence-corrected chi connectivity index (χ0v) is 21.3. The van der Waals surface area contributed by atoms with Crippen molar-refractivity contribution in [3.05, 3.63) is 23.8 Å². The zero-order chi connectivity index (χ0) is 23.5. The average molecular weight is 465 g/mol. The number of anilines is 1. The summed E-state index contributed by atoms with van der Waals surface area (Å²) in [5.41, 5.74) is 1.34. The normalized spacial score (nSPS) is 15.2. The average Bonchev–Trinajstić information content (AvgIpc) is 2.51. The zero-order valence-electron chi connectivity index (χ0n) is 19.5. The van der Waals surface area contributed by atoms with Gasteiger partial charge in [-0.3, -0.25) is 5.32 Å². The lowest BCUT2D eigenvalue weighted by atomic mass is 10.1. The highest BCUT2D eigenvalue weighted by Gasteiger charge is 2.40. The maximum Gasteiger partial charge on any atom is 0.482 e. The van der Waals surface area contributed by atoms with E-state index in [1.165, 1.54) is 6.07 Å². The second kappa shape index (κ2) is 9.52. The summed E-state index contributed by atoms with van der Waals surface area (Å²) in [4.78, 5) is 0. The van der Waals surface area contributed by atoms with Gasteiger partial charge in [0.2, 0.25) is 0 Å². The molecule has 0 aromatic heterocycles. The van der Waals surface area contributed by atoms with Crippen molar-refractivity contribution in [3.63, 3.8) is 0 Å². The molecule has 0 heterocycles. The molecule has 0 saturated heterocycles. The number of nitrogens with zero attached hydrogens (tertiary/aromatic N) is 1. The smallest absolute Gasteiger partial charge is 0.482 e. The van der Waals surface area contributed by atoms with Gasteiger partial charge in [-0.25, -0.2) is 0 Å². The molecule has 0 spiro atoms. The molecule has 1 aromatic rings. The lowest BCUT2D eigenvalue weighted by Gasteiger charge is -2.37. The molecule has 30 heavy (non-hydrogen) atoms. The number of rotatable bonds is 7. The van der Waals surface area contributed by atoms with E-state index in [1.807, 2.05) is 54.6 Å². The Hall–Kier alpha value is -1.19. The van der Waals surface area contributed by atoms with Crippen LogP contribution in [0.5, 0.6) is 5.75 Å². The second-order valence-corrected chi connectivity index (χ2v) is 16.6. The SMILES string of the molecule is CC(CCc1ccc(O[Si](C)(C)C(C)(C)C)c(NC(F)(F)F)c1)=N[S+]([O-])C(C)(C)C. The molecule has 172 valence electrons. The van der Waals surface area contributed by atoms with Crippen LogP contribution < -0.4 is 9.74 Å². The van der Waals surface area contributed by atoms with E-state index >= 15 is 0 Å². The first-order chi connectivity index (χ1) is 13.3. The van der Waals surface area contributed by atoms with Crippen LogP contribution >= 0.6 is 0 Å². The lowest BCUT2D eigenvalue weighted by Crippen LogP contribution is -2.44. The topological polar surface area (TPSA) is 56.7 Å².